The molecule has 1 aromatic rings. The summed E-state index contributed by atoms with van der Waals surface area (Å²) in [5.74, 6) is -0.852. The van der Waals surface area contributed by atoms with Crippen LogP contribution in [0, 0.1) is 6.92 Å². The van der Waals surface area contributed by atoms with Gasteiger partial charge in [-0.15, -0.1) is 0 Å². The van der Waals surface area contributed by atoms with Gasteiger partial charge in [0.1, 0.15) is 0 Å². The minimum absolute atomic E-state index is 0.00436. The van der Waals surface area contributed by atoms with Crippen LogP contribution in [0.3, 0.4) is 0 Å². The van der Waals surface area contributed by atoms with Gasteiger partial charge in [-0.2, -0.15) is 0 Å². The lowest BCUT2D eigenvalue weighted by Gasteiger charge is -2.10. The third kappa shape index (κ3) is 3.54. The molecule has 92 valence electrons. The van der Waals surface area contributed by atoms with E-state index in [0.717, 1.165) is 5.56 Å². The highest BCUT2D eigenvalue weighted by molar-refractivity contribution is 5.67. The van der Waals surface area contributed by atoms with Crippen LogP contribution in [-0.2, 0) is 20.7 Å². The van der Waals surface area contributed by atoms with Crippen LogP contribution in [0.5, 0.6) is 0 Å². The second kappa shape index (κ2) is 5.29. The number of carboxylic acids is 1. The molecular weight excluding hydrogens is 220 g/mol. The highest BCUT2D eigenvalue weighted by Gasteiger charge is 2.27. The molecule has 1 fully saturated rings. The summed E-state index contributed by atoms with van der Waals surface area (Å²) in [7, 11) is 0. The first-order chi connectivity index (χ1) is 8.13. The molecule has 0 aromatic heterocycles. The van der Waals surface area contributed by atoms with Crippen LogP contribution < -0.4 is 0 Å². The van der Waals surface area contributed by atoms with Crippen LogP contribution in [0.1, 0.15) is 17.5 Å². The lowest BCUT2D eigenvalue weighted by atomic mass is 10.1. The van der Waals surface area contributed by atoms with E-state index >= 15 is 0 Å². The van der Waals surface area contributed by atoms with Gasteiger partial charge >= 0.3 is 5.97 Å². The molecule has 2 atom stereocenters. The molecule has 0 bridgehead atoms. The first-order valence-electron chi connectivity index (χ1n) is 5.68. The Bertz CT molecular complexity index is 385. The summed E-state index contributed by atoms with van der Waals surface area (Å²) in [5.41, 5.74) is 2.35. The summed E-state index contributed by atoms with van der Waals surface area (Å²) in [6.45, 7) is 2.40. The molecule has 1 heterocycles. The molecule has 2 rings (SSSR count). The molecule has 0 aliphatic carbocycles. The van der Waals surface area contributed by atoms with Gasteiger partial charge in [-0.3, -0.25) is 4.79 Å². The fraction of sp³-hybridized carbons (Fsp3) is 0.462. The van der Waals surface area contributed by atoms with E-state index < -0.39 is 5.97 Å². The van der Waals surface area contributed by atoms with Crippen LogP contribution >= 0.6 is 0 Å². The SMILES string of the molecule is Cc1ccc(CC2OCC(CC(=O)O)O2)cc1. The van der Waals surface area contributed by atoms with E-state index in [0.29, 0.717) is 13.0 Å². The summed E-state index contributed by atoms with van der Waals surface area (Å²) >= 11 is 0. The molecule has 1 aliphatic rings. The molecule has 1 aliphatic heterocycles. The van der Waals surface area contributed by atoms with Crippen molar-refractivity contribution in [1.82, 2.24) is 0 Å². The molecule has 4 heteroatoms. The number of rotatable bonds is 4. The Labute approximate surface area is 100 Å². The van der Waals surface area contributed by atoms with Crippen LogP contribution in [0.25, 0.3) is 0 Å². The normalized spacial score (nSPS) is 23.8. The van der Waals surface area contributed by atoms with E-state index in [1.54, 1.807) is 0 Å². The highest BCUT2D eigenvalue weighted by Crippen LogP contribution is 2.18. The first kappa shape index (κ1) is 12.1. The van der Waals surface area contributed by atoms with Crippen molar-refractivity contribution < 1.29 is 19.4 Å². The van der Waals surface area contributed by atoms with Gasteiger partial charge < -0.3 is 14.6 Å². The van der Waals surface area contributed by atoms with Gasteiger partial charge in [-0.05, 0) is 12.5 Å². The molecule has 2 unspecified atom stereocenters. The zero-order valence-corrected chi connectivity index (χ0v) is 9.76. The molecule has 17 heavy (non-hydrogen) atoms. The van der Waals surface area contributed by atoms with E-state index in [4.69, 9.17) is 14.6 Å². The molecule has 1 aromatic carbocycles. The van der Waals surface area contributed by atoms with Gasteiger partial charge in [0.25, 0.3) is 0 Å². The quantitative estimate of drug-likeness (QED) is 0.865. The van der Waals surface area contributed by atoms with Crippen molar-refractivity contribution in [3.8, 4) is 0 Å². The Kier molecular flexibility index (Phi) is 3.76. The Balaban J connectivity index is 1.85. The number of aliphatic carboxylic acids is 1. The van der Waals surface area contributed by atoms with Gasteiger partial charge in [-0.25, -0.2) is 0 Å². The van der Waals surface area contributed by atoms with E-state index in [1.807, 2.05) is 31.2 Å². The van der Waals surface area contributed by atoms with Crippen molar-refractivity contribution in [3.05, 3.63) is 35.4 Å². The van der Waals surface area contributed by atoms with Crippen molar-refractivity contribution in [2.75, 3.05) is 6.61 Å². The summed E-state index contributed by atoms with van der Waals surface area (Å²) in [6, 6.07) is 8.15. The molecule has 0 saturated carbocycles. The van der Waals surface area contributed by atoms with Crippen LogP contribution in [0.2, 0.25) is 0 Å². The highest BCUT2D eigenvalue weighted by atomic mass is 16.7. The zero-order chi connectivity index (χ0) is 12.3. The maximum atomic E-state index is 10.5. The number of carboxylic acid groups (broad SMARTS) is 1. The maximum Gasteiger partial charge on any atom is 0.306 e. The molecule has 0 spiro atoms. The summed E-state index contributed by atoms with van der Waals surface area (Å²) in [5, 5.41) is 8.64. The lowest BCUT2D eigenvalue weighted by Crippen LogP contribution is -2.17. The topological polar surface area (TPSA) is 55.8 Å². The summed E-state index contributed by atoms with van der Waals surface area (Å²) in [6.07, 6.45) is 0.0332. The molecule has 0 radical (unpaired) electrons. The monoisotopic (exact) mass is 236 g/mol. The third-order valence-corrected chi connectivity index (χ3v) is 2.74. The number of aryl methyl sites for hydroxylation is 1. The Morgan fingerprint density at radius 3 is 2.76 bits per heavy atom. The number of hydrogen-bond donors (Lipinski definition) is 1. The van der Waals surface area contributed by atoms with Crippen LogP contribution in [0.4, 0.5) is 0 Å². The number of carbonyl (C=O) groups is 1. The second-order valence-electron chi connectivity index (χ2n) is 4.31. The second-order valence-corrected chi connectivity index (χ2v) is 4.31. The van der Waals surface area contributed by atoms with Gasteiger partial charge in [0.05, 0.1) is 19.1 Å². The Morgan fingerprint density at radius 2 is 2.12 bits per heavy atom. The fourth-order valence-electron chi connectivity index (χ4n) is 1.83. The number of benzene rings is 1. The Hall–Kier alpha value is -1.39. The van der Waals surface area contributed by atoms with Gasteiger partial charge in [0.2, 0.25) is 0 Å². The van der Waals surface area contributed by atoms with E-state index in [9.17, 15) is 4.79 Å². The van der Waals surface area contributed by atoms with Gasteiger partial charge in [0.15, 0.2) is 6.29 Å². The fourth-order valence-corrected chi connectivity index (χ4v) is 1.83. The standard InChI is InChI=1S/C13H16O4/c1-9-2-4-10(5-3-9)6-13-16-8-11(17-13)7-12(14)15/h2-5,11,13H,6-8H2,1H3,(H,14,15). The average molecular weight is 236 g/mol. The van der Waals surface area contributed by atoms with Crippen molar-refractivity contribution in [1.29, 1.82) is 0 Å². The smallest absolute Gasteiger partial charge is 0.306 e. The largest absolute Gasteiger partial charge is 0.481 e. The van der Waals surface area contributed by atoms with Crippen molar-refractivity contribution in [3.63, 3.8) is 0 Å². The number of hydrogen-bond acceptors (Lipinski definition) is 3. The summed E-state index contributed by atoms with van der Waals surface area (Å²) in [4.78, 5) is 10.5. The lowest BCUT2D eigenvalue weighted by molar-refractivity contribution is -0.140. The van der Waals surface area contributed by atoms with Crippen molar-refractivity contribution >= 4 is 5.97 Å². The molecular formula is C13H16O4. The summed E-state index contributed by atoms with van der Waals surface area (Å²) < 4.78 is 10.9. The maximum absolute atomic E-state index is 10.5. The molecule has 0 amide bonds. The first-order valence-corrected chi connectivity index (χ1v) is 5.68. The van der Waals surface area contributed by atoms with Gasteiger partial charge in [-0.1, -0.05) is 29.8 Å². The van der Waals surface area contributed by atoms with E-state index in [-0.39, 0.29) is 18.8 Å². The van der Waals surface area contributed by atoms with E-state index in [2.05, 4.69) is 0 Å². The molecule has 1 N–H and O–H groups in total. The third-order valence-electron chi connectivity index (χ3n) is 2.74. The number of ether oxygens (including phenoxy) is 2. The zero-order valence-electron chi connectivity index (χ0n) is 9.76. The minimum atomic E-state index is -0.852. The predicted molar refractivity (Wildman–Crippen MR) is 61.7 cm³/mol. The molecule has 1 saturated heterocycles. The average Bonchev–Trinajstić information content (AvgIpc) is 2.68. The van der Waals surface area contributed by atoms with Gasteiger partial charge in [0, 0.05) is 6.42 Å². The van der Waals surface area contributed by atoms with Crippen molar-refractivity contribution in [2.24, 2.45) is 0 Å². The van der Waals surface area contributed by atoms with E-state index in [1.165, 1.54) is 5.56 Å². The Morgan fingerprint density at radius 1 is 1.41 bits per heavy atom. The van der Waals surface area contributed by atoms with Crippen molar-refractivity contribution in [2.45, 2.75) is 32.2 Å². The van der Waals surface area contributed by atoms with Crippen LogP contribution in [0.15, 0.2) is 24.3 Å². The predicted octanol–water partition coefficient (Wildman–Crippen LogP) is 1.75. The molecule has 4 nitrogen and oxygen atoms in total. The minimum Gasteiger partial charge on any atom is -0.481 e. The van der Waals surface area contributed by atoms with Crippen LogP contribution in [-0.4, -0.2) is 30.1 Å².